The molecule has 1 rings (SSSR count). The third-order valence-electron chi connectivity index (χ3n) is 2.67. The Hall–Kier alpha value is -1.39. The molecule has 4 nitrogen and oxygen atoms in total. The van der Waals surface area contributed by atoms with Gasteiger partial charge in [0.25, 0.3) is 0 Å². The second-order valence-electron chi connectivity index (χ2n) is 3.98. The van der Waals surface area contributed by atoms with Gasteiger partial charge in [0, 0.05) is 6.42 Å². The van der Waals surface area contributed by atoms with Crippen molar-refractivity contribution in [2.75, 3.05) is 5.88 Å². The molecular formula is C13H15ClO4. The molecule has 2 N–H and O–H groups in total. The first-order chi connectivity index (χ1) is 8.49. The van der Waals surface area contributed by atoms with Crippen LogP contribution in [-0.2, 0) is 22.4 Å². The summed E-state index contributed by atoms with van der Waals surface area (Å²) in [7, 11) is 0. The van der Waals surface area contributed by atoms with Crippen molar-refractivity contribution in [2.45, 2.75) is 25.9 Å². The Bertz CT molecular complexity index is 456. The number of carbonyl (C=O) groups excluding carboxylic acids is 1. The highest BCUT2D eigenvalue weighted by molar-refractivity contribution is 6.27. The lowest BCUT2D eigenvalue weighted by atomic mass is 9.96. The monoisotopic (exact) mass is 270 g/mol. The Kier molecular flexibility index (Phi) is 5.31. The largest absolute Gasteiger partial charge is 0.479 e. The van der Waals surface area contributed by atoms with Gasteiger partial charge in [-0.15, -0.1) is 11.6 Å². The number of carbonyl (C=O) groups is 2. The third kappa shape index (κ3) is 3.55. The molecule has 0 aliphatic carbocycles. The van der Waals surface area contributed by atoms with Gasteiger partial charge in [-0.3, -0.25) is 4.79 Å². The summed E-state index contributed by atoms with van der Waals surface area (Å²) >= 11 is 5.42. The standard InChI is InChI=1S/C13H15ClO4/c1-2-9-4-3-8(5-10(15)7-14)6-11(9)12(16)13(17)18/h3-4,6,12,16H,2,5,7H2,1H3,(H,17,18). The van der Waals surface area contributed by atoms with Gasteiger partial charge in [0.2, 0.25) is 0 Å². The highest BCUT2D eigenvalue weighted by Gasteiger charge is 2.19. The van der Waals surface area contributed by atoms with Gasteiger partial charge >= 0.3 is 5.97 Å². The maximum atomic E-state index is 11.2. The number of aliphatic hydroxyl groups excluding tert-OH is 1. The predicted molar refractivity (Wildman–Crippen MR) is 67.8 cm³/mol. The van der Waals surface area contributed by atoms with Crippen LogP contribution in [0.5, 0.6) is 0 Å². The average Bonchev–Trinajstić information content (AvgIpc) is 2.37. The molecule has 18 heavy (non-hydrogen) atoms. The van der Waals surface area contributed by atoms with Crippen LogP contribution in [0.25, 0.3) is 0 Å². The number of hydrogen-bond acceptors (Lipinski definition) is 3. The summed E-state index contributed by atoms with van der Waals surface area (Å²) in [5.41, 5.74) is 1.75. The van der Waals surface area contributed by atoms with Crippen LogP contribution in [0.1, 0.15) is 29.7 Å². The van der Waals surface area contributed by atoms with E-state index in [4.69, 9.17) is 16.7 Å². The van der Waals surface area contributed by atoms with Crippen molar-refractivity contribution in [1.82, 2.24) is 0 Å². The zero-order chi connectivity index (χ0) is 13.7. The molecule has 0 radical (unpaired) electrons. The first-order valence-electron chi connectivity index (χ1n) is 5.59. The number of hydrogen-bond donors (Lipinski definition) is 2. The quantitative estimate of drug-likeness (QED) is 0.772. The molecule has 0 saturated heterocycles. The van der Waals surface area contributed by atoms with Gasteiger partial charge in [-0.05, 0) is 23.1 Å². The third-order valence-corrected chi connectivity index (χ3v) is 2.97. The molecule has 0 saturated carbocycles. The van der Waals surface area contributed by atoms with Crippen LogP contribution in [0.3, 0.4) is 0 Å². The number of Topliss-reactive ketones (excluding diaryl/α,β-unsaturated/α-hetero) is 1. The van der Waals surface area contributed by atoms with Crippen molar-refractivity contribution in [3.63, 3.8) is 0 Å². The van der Waals surface area contributed by atoms with E-state index in [0.29, 0.717) is 17.5 Å². The smallest absolute Gasteiger partial charge is 0.337 e. The lowest BCUT2D eigenvalue weighted by molar-refractivity contribution is -0.147. The van der Waals surface area contributed by atoms with Crippen LogP contribution in [0, 0.1) is 0 Å². The molecule has 1 aromatic carbocycles. The van der Waals surface area contributed by atoms with E-state index in [0.717, 1.165) is 5.56 Å². The van der Waals surface area contributed by atoms with Crippen LogP contribution in [0.2, 0.25) is 0 Å². The summed E-state index contributed by atoms with van der Waals surface area (Å²) in [6.07, 6.45) is -0.804. The zero-order valence-corrected chi connectivity index (χ0v) is 10.8. The minimum absolute atomic E-state index is 0.0770. The van der Waals surface area contributed by atoms with Crippen LogP contribution < -0.4 is 0 Å². The number of aliphatic hydroxyl groups is 1. The zero-order valence-electron chi connectivity index (χ0n) is 10.0. The molecule has 0 aliphatic rings. The van der Waals surface area contributed by atoms with Crippen molar-refractivity contribution in [3.05, 3.63) is 34.9 Å². The molecule has 1 unspecified atom stereocenters. The van der Waals surface area contributed by atoms with E-state index in [-0.39, 0.29) is 18.1 Å². The topological polar surface area (TPSA) is 74.6 Å². The minimum atomic E-state index is -1.56. The summed E-state index contributed by atoms with van der Waals surface area (Å²) in [5.74, 6) is -1.52. The maximum Gasteiger partial charge on any atom is 0.337 e. The van der Waals surface area contributed by atoms with Gasteiger partial charge in [-0.2, -0.15) is 0 Å². The second kappa shape index (κ2) is 6.52. The molecule has 0 spiro atoms. The molecule has 0 heterocycles. The van der Waals surface area contributed by atoms with Gasteiger partial charge in [0.1, 0.15) is 0 Å². The van der Waals surface area contributed by atoms with Gasteiger partial charge in [-0.25, -0.2) is 4.79 Å². The van der Waals surface area contributed by atoms with Crippen molar-refractivity contribution < 1.29 is 19.8 Å². The number of carboxylic acids is 1. The lowest BCUT2D eigenvalue weighted by Gasteiger charge is -2.13. The van der Waals surface area contributed by atoms with E-state index >= 15 is 0 Å². The molecular weight excluding hydrogens is 256 g/mol. The van der Waals surface area contributed by atoms with Crippen LogP contribution in [0.15, 0.2) is 18.2 Å². The fourth-order valence-corrected chi connectivity index (χ4v) is 1.83. The fourth-order valence-electron chi connectivity index (χ4n) is 1.74. The van der Waals surface area contributed by atoms with Crippen molar-refractivity contribution in [2.24, 2.45) is 0 Å². The van der Waals surface area contributed by atoms with Crippen LogP contribution in [0.4, 0.5) is 0 Å². The van der Waals surface area contributed by atoms with Crippen molar-refractivity contribution in [3.8, 4) is 0 Å². The van der Waals surface area contributed by atoms with Gasteiger partial charge < -0.3 is 10.2 Å². The Morgan fingerprint density at radius 1 is 1.39 bits per heavy atom. The van der Waals surface area contributed by atoms with Crippen LogP contribution >= 0.6 is 11.6 Å². The molecule has 1 atom stereocenters. The van der Waals surface area contributed by atoms with E-state index < -0.39 is 12.1 Å². The Morgan fingerprint density at radius 3 is 2.56 bits per heavy atom. The molecule has 0 amide bonds. The number of halogens is 1. The molecule has 1 aromatic rings. The highest BCUT2D eigenvalue weighted by atomic mass is 35.5. The summed E-state index contributed by atoms with van der Waals surface area (Å²) in [4.78, 5) is 22.1. The SMILES string of the molecule is CCc1ccc(CC(=O)CCl)cc1C(O)C(=O)O. The molecule has 5 heteroatoms. The first-order valence-corrected chi connectivity index (χ1v) is 6.13. The predicted octanol–water partition coefficient (Wildman–Crippen LogP) is 1.72. The molecule has 0 aliphatic heterocycles. The number of rotatable bonds is 6. The van der Waals surface area contributed by atoms with E-state index in [2.05, 4.69) is 0 Å². The van der Waals surface area contributed by atoms with Gasteiger partial charge in [-0.1, -0.05) is 25.1 Å². The van der Waals surface area contributed by atoms with Crippen molar-refractivity contribution >= 4 is 23.4 Å². The van der Waals surface area contributed by atoms with E-state index in [1.165, 1.54) is 0 Å². The lowest BCUT2D eigenvalue weighted by Crippen LogP contribution is -2.14. The van der Waals surface area contributed by atoms with Crippen molar-refractivity contribution in [1.29, 1.82) is 0 Å². The molecule has 98 valence electrons. The maximum absolute atomic E-state index is 11.2. The number of benzene rings is 1. The summed E-state index contributed by atoms with van der Waals surface area (Å²) in [6.45, 7) is 1.87. The number of carboxylic acid groups (broad SMARTS) is 1. The fraction of sp³-hybridized carbons (Fsp3) is 0.385. The Morgan fingerprint density at radius 2 is 2.06 bits per heavy atom. The first kappa shape index (κ1) is 14.7. The van der Waals surface area contributed by atoms with E-state index in [1.54, 1.807) is 18.2 Å². The molecule has 0 aromatic heterocycles. The number of ketones is 1. The van der Waals surface area contributed by atoms with E-state index in [9.17, 15) is 14.7 Å². The normalized spacial score (nSPS) is 12.2. The Balaban J connectivity index is 3.09. The Labute approximate surface area is 110 Å². The summed E-state index contributed by atoms with van der Waals surface area (Å²) in [5, 5.41) is 18.5. The van der Waals surface area contributed by atoms with Gasteiger partial charge in [0.05, 0.1) is 5.88 Å². The number of aliphatic carboxylic acids is 1. The number of aryl methyl sites for hydroxylation is 1. The van der Waals surface area contributed by atoms with Crippen LogP contribution in [-0.4, -0.2) is 27.8 Å². The summed E-state index contributed by atoms with van der Waals surface area (Å²) in [6, 6.07) is 5.04. The highest BCUT2D eigenvalue weighted by Crippen LogP contribution is 2.21. The van der Waals surface area contributed by atoms with Gasteiger partial charge in [0.15, 0.2) is 11.9 Å². The number of alkyl halides is 1. The molecule has 0 bridgehead atoms. The molecule has 0 fully saturated rings. The second-order valence-corrected chi connectivity index (χ2v) is 4.24. The minimum Gasteiger partial charge on any atom is -0.479 e. The average molecular weight is 271 g/mol. The van der Waals surface area contributed by atoms with E-state index in [1.807, 2.05) is 6.92 Å². The summed E-state index contributed by atoms with van der Waals surface area (Å²) < 4.78 is 0.